The molecule has 3 heterocycles. The number of hydrogen-bond donors (Lipinski definition) is 1. The van der Waals surface area contributed by atoms with Crippen molar-refractivity contribution >= 4 is 16.9 Å². The topological polar surface area (TPSA) is 94.7 Å². The molecular formula is C17H18N6O2. The highest BCUT2D eigenvalue weighted by molar-refractivity contribution is 5.80. The molecule has 1 N–H and O–H groups in total. The number of aromatic nitrogens is 5. The minimum atomic E-state index is -0.283. The number of nitrogens with zero attached hydrogens (tertiary/aromatic N) is 5. The van der Waals surface area contributed by atoms with Gasteiger partial charge in [0.15, 0.2) is 0 Å². The van der Waals surface area contributed by atoms with E-state index in [2.05, 4.69) is 20.5 Å². The second-order valence-electron chi connectivity index (χ2n) is 6.25. The summed E-state index contributed by atoms with van der Waals surface area (Å²) in [5.74, 6) is 1.63. The third-order valence-electron chi connectivity index (χ3n) is 4.55. The van der Waals surface area contributed by atoms with Gasteiger partial charge in [0.2, 0.25) is 5.91 Å². The molecule has 1 aliphatic heterocycles. The average Bonchev–Trinajstić information content (AvgIpc) is 2.98. The molecule has 0 aliphatic carbocycles. The number of para-hydroxylation sites is 2. The van der Waals surface area contributed by atoms with E-state index in [1.807, 2.05) is 29.7 Å². The van der Waals surface area contributed by atoms with Crippen LogP contribution in [0.2, 0.25) is 0 Å². The van der Waals surface area contributed by atoms with Gasteiger partial charge >= 0.3 is 0 Å². The third-order valence-corrected chi connectivity index (χ3v) is 4.55. The molecule has 25 heavy (non-hydrogen) atoms. The molecule has 1 atom stereocenters. The summed E-state index contributed by atoms with van der Waals surface area (Å²) in [5.41, 5.74) is 1.07. The van der Waals surface area contributed by atoms with E-state index >= 15 is 0 Å². The summed E-state index contributed by atoms with van der Waals surface area (Å²) in [4.78, 5) is 28.7. The molecule has 1 amide bonds. The Morgan fingerprint density at radius 2 is 2.16 bits per heavy atom. The van der Waals surface area contributed by atoms with Crippen LogP contribution in [-0.2, 0) is 24.3 Å². The first-order chi connectivity index (χ1) is 12.1. The molecule has 0 fully saturated rings. The van der Waals surface area contributed by atoms with Crippen molar-refractivity contribution in [3.63, 3.8) is 0 Å². The van der Waals surface area contributed by atoms with Gasteiger partial charge < -0.3 is 9.88 Å². The molecule has 0 saturated carbocycles. The normalized spacial score (nSPS) is 16.6. The molecule has 3 aromatic rings. The average molecular weight is 338 g/mol. The van der Waals surface area contributed by atoms with Crippen molar-refractivity contribution in [1.29, 1.82) is 0 Å². The van der Waals surface area contributed by atoms with Crippen LogP contribution in [0, 0.1) is 6.92 Å². The molecule has 128 valence electrons. The molecule has 2 aromatic heterocycles. The minimum absolute atomic E-state index is 0.0125. The fourth-order valence-corrected chi connectivity index (χ4v) is 3.27. The Labute approximate surface area is 143 Å². The van der Waals surface area contributed by atoms with Gasteiger partial charge in [-0.25, -0.2) is 4.98 Å². The van der Waals surface area contributed by atoms with Gasteiger partial charge in [0.1, 0.15) is 18.2 Å². The van der Waals surface area contributed by atoms with Crippen molar-refractivity contribution in [2.24, 2.45) is 0 Å². The van der Waals surface area contributed by atoms with Crippen molar-refractivity contribution in [3.8, 4) is 0 Å². The van der Waals surface area contributed by atoms with Crippen molar-refractivity contribution in [1.82, 2.24) is 29.6 Å². The van der Waals surface area contributed by atoms with Crippen LogP contribution in [0.1, 0.15) is 18.1 Å². The first-order valence-electron chi connectivity index (χ1n) is 8.24. The Balaban J connectivity index is 1.51. The highest BCUT2D eigenvalue weighted by atomic mass is 16.2. The van der Waals surface area contributed by atoms with Gasteiger partial charge in [-0.15, -0.1) is 10.2 Å². The molecule has 0 spiro atoms. The summed E-state index contributed by atoms with van der Waals surface area (Å²) < 4.78 is 3.48. The second-order valence-corrected chi connectivity index (χ2v) is 6.25. The molecule has 0 unspecified atom stereocenters. The van der Waals surface area contributed by atoms with Gasteiger partial charge in [0.05, 0.1) is 17.2 Å². The van der Waals surface area contributed by atoms with Crippen molar-refractivity contribution < 1.29 is 4.79 Å². The molecule has 0 bridgehead atoms. The van der Waals surface area contributed by atoms with Gasteiger partial charge in [0, 0.05) is 19.0 Å². The van der Waals surface area contributed by atoms with E-state index in [-0.39, 0.29) is 24.1 Å². The molecule has 1 aliphatic rings. The van der Waals surface area contributed by atoms with Crippen LogP contribution in [0.15, 0.2) is 35.3 Å². The first kappa shape index (κ1) is 15.5. The van der Waals surface area contributed by atoms with Crippen LogP contribution in [0.3, 0.4) is 0 Å². The largest absolute Gasteiger partial charge is 0.350 e. The number of benzene rings is 1. The summed E-state index contributed by atoms with van der Waals surface area (Å²) in [6.07, 6.45) is 2.85. The fourth-order valence-electron chi connectivity index (χ4n) is 3.27. The number of hydrogen-bond acceptors (Lipinski definition) is 5. The molecule has 8 nitrogen and oxygen atoms in total. The predicted octanol–water partition coefficient (Wildman–Crippen LogP) is 0.428. The number of rotatable bonds is 3. The van der Waals surface area contributed by atoms with Crippen LogP contribution in [0.4, 0.5) is 0 Å². The number of carbonyl (C=O) groups is 1. The Morgan fingerprint density at radius 1 is 1.32 bits per heavy atom. The summed E-state index contributed by atoms with van der Waals surface area (Å²) in [6, 6.07) is 7.31. The molecule has 8 heteroatoms. The monoisotopic (exact) mass is 338 g/mol. The Bertz CT molecular complexity index is 1010. The summed E-state index contributed by atoms with van der Waals surface area (Å²) in [6.45, 7) is 2.54. The van der Waals surface area contributed by atoms with E-state index in [1.54, 1.807) is 6.07 Å². The zero-order valence-electron chi connectivity index (χ0n) is 13.8. The van der Waals surface area contributed by atoms with Crippen LogP contribution < -0.4 is 10.9 Å². The lowest BCUT2D eigenvalue weighted by Gasteiger charge is -2.25. The Kier molecular flexibility index (Phi) is 3.79. The smallest absolute Gasteiger partial charge is 0.269 e. The molecule has 4 rings (SSSR count). The number of amides is 1. The quantitative estimate of drug-likeness (QED) is 0.747. The Morgan fingerprint density at radius 3 is 3.04 bits per heavy atom. The maximum Gasteiger partial charge on any atom is 0.269 e. The van der Waals surface area contributed by atoms with E-state index in [9.17, 15) is 9.59 Å². The van der Waals surface area contributed by atoms with Gasteiger partial charge in [-0.3, -0.25) is 14.2 Å². The summed E-state index contributed by atoms with van der Waals surface area (Å²) >= 11 is 0. The number of aryl methyl sites for hydroxylation is 2. The predicted molar refractivity (Wildman–Crippen MR) is 91.0 cm³/mol. The SMILES string of the molecule is Cc1nnc2n1C[C@@H](NC(=O)Cn1c(=O)cnc3ccccc31)CC2. The van der Waals surface area contributed by atoms with Crippen molar-refractivity contribution in [2.45, 2.75) is 38.9 Å². The van der Waals surface area contributed by atoms with E-state index in [0.717, 1.165) is 24.5 Å². The summed E-state index contributed by atoms with van der Waals surface area (Å²) in [5, 5.41) is 11.2. The zero-order valence-corrected chi connectivity index (χ0v) is 13.8. The standard InChI is InChI=1S/C17H18N6O2/c1-11-20-21-15-7-6-12(9-22(11)15)19-16(24)10-23-14-5-3-2-4-13(14)18-8-17(23)25/h2-5,8,12H,6-7,9-10H2,1H3,(H,19,24)/t12-/m0/s1. The van der Waals surface area contributed by atoms with Gasteiger partial charge in [-0.05, 0) is 25.5 Å². The maximum absolute atomic E-state index is 12.5. The van der Waals surface area contributed by atoms with Crippen LogP contribution in [0.5, 0.6) is 0 Å². The fraction of sp³-hybridized carbons (Fsp3) is 0.353. The number of nitrogens with one attached hydrogen (secondary N) is 1. The lowest BCUT2D eigenvalue weighted by atomic mass is 10.1. The van der Waals surface area contributed by atoms with Crippen LogP contribution in [-0.4, -0.2) is 36.3 Å². The van der Waals surface area contributed by atoms with E-state index in [0.29, 0.717) is 17.6 Å². The third kappa shape index (κ3) is 2.90. The minimum Gasteiger partial charge on any atom is -0.350 e. The van der Waals surface area contributed by atoms with Crippen LogP contribution in [0.25, 0.3) is 11.0 Å². The highest BCUT2D eigenvalue weighted by Crippen LogP contribution is 2.15. The van der Waals surface area contributed by atoms with Crippen molar-refractivity contribution in [2.75, 3.05) is 0 Å². The molecule has 0 saturated heterocycles. The van der Waals surface area contributed by atoms with E-state index in [4.69, 9.17) is 0 Å². The van der Waals surface area contributed by atoms with Crippen LogP contribution >= 0.6 is 0 Å². The van der Waals surface area contributed by atoms with Crippen molar-refractivity contribution in [3.05, 3.63) is 52.5 Å². The summed E-state index contributed by atoms with van der Waals surface area (Å²) in [7, 11) is 0. The lowest BCUT2D eigenvalue weighted by molar-refractivity contribution is -0.122. The van der Waals surface area contributed by atoms with Gasteiger partial charge in [0.25, 0.3) is 5.56 Å². The molecular weight excluding hydrogens is 320 g/mol. The zero-order chi connectivity index (χ0) is 17.4. The molecule has 0 radical (unpaired) electrons. The highest BCUT2D eigenvalue weighted by Gasteiger charge is 2.23. The van der Waals surface area contributed by atoms with E-state index < -0.39 is 0 Å². The number of carbonyl (C=O) groups excluding carboxylic acids is 1. The lowest BCUT2D eigenvalue weighted by Crippen LogP contribution is -2.43. The first-order valence-corrected chi connectivity index (χ1v) is 8.24. The van der Waals surface area contributed by atoms with Gasteiger partial charge in [-0.1, -0.05) is 12.1 Å². The van der Waals surface area contributed by atoms with Gasteiger partial charge in [-0.2, -0.15) is 0 Å². The maximum atomic E-state index is 12.5. The Hall–Kier alpha value is -3.03. The van der Waals surface area contributed by atoms with E-state index in [1.165, 1.54) is 10.8 Å². The number of fused-ring (bicyclic) bond motifs is 2. The molecule has 1 aromatic carbocycles. The second kappa shape index (κ2) is 6.12.